The minimum absolute atomic E-state index is 0.0122. The van der Waals surface area contributed by atoms with Crippen LogP contribution < -0.4 is 10.6 Å². The number of oxime groups is 1. The Morgan fingerprint density at radius 2 is 2.10 bits per heavy atom. The summed E-state index contributed by atoms with van der Waals surface area (Å²) in [6.07, 6.45) is 0. The van der Waals surface area contributed by atoms with Gasteiger partial charge in [0.2, 0.25) is 5.84 Å². The van der Waals surface area contributed by atoms with Gasteiger partial charge in [-0.05, 0) is 37.2 Å². The SMILES string of the molecule is CC(C)(CNCc1nonc1/C(=N\O)Nc1ccc(F)c(Cl)c1)N1CCOCC1. The van der Waals surface area contributed by atoms with Gasteiger partial charge in [-0.1, -0.05) is 21.9 Å². The lowest BCUT2D eigenvalue weighted by molar-refractivity contribution is -0.00970. The summed E-state index contributed by atoms with van der Waals surface area (Å²) in [5.41, 5.74) is 1.07. The molecule has 1 fully saturated rings. The van der Waals surface area contributed by atoms with Gasteiger partial charge in [0.25, 0.3) is 0 Å². The second-order valence-electron chi connectivity index (χ2n) is 7.28. The molecule has 0 unspecified atom stereocenters. The highest BCUT2D eigenvalue weighted by Crippen LogP contribution is 2.20. The van der Waals surface area contributed by atoms with Crippen molar-refractivity contribution in [2.45, 2.75) is 25.9 Å². The highest BCUT2D eigenvalue weighted by atomic mass is 35.5. The molecule has 9 nitrogen and oxygen atoms in total. The largest absolute Gasteiger partial charge is 0.409 e. The van der Waals surface area contributed by atoms with Crippen LogP contribution in [0.3, 0.4) is 0 Å². The first-order valence-corrected chi connectivity index (χ1v) is 9.58. The Morgan fingerprint density at radius 1 is 1.34 bits per heavy atom. The average molecular weight is 427 g/mol. The molecule has 29 heavy (non-hydrogen) atoms. The summed E-state index contributed by atoms with van der Waals surface area (Å²) < 4.78 is 23.6. The molecular weight excluding hydrogens is 403 g/mol. The first-order valence-electron chi connectivity index (χ1n) is 9.20. The molecule has 1 aromatic carbocycles. The Hall–Kier alpha value is -2.27. The smallest absolute Gasteiger partial charge is 0.201 e. The van der Waals surface area contributed by atoms with E-state index in [0.717, 1.165) is 26.3 Å². The number of ether oxygens (including phenoxy) is 1. The summed E-state index contributed by atoms with van der Waals surface area (Å²) in [4.78, 5) is 2.37. The van der Waals surface area contributed by atoms with Gasteiger partial charge in [-0.15, -0.1) is 0 Å². The fourth-order valence-corrected chi connectivity index (χ4v) is 3.29. The summed E-state index contributed by atoms with van der Waals surface area (Å²) in [5, 5.41) is 26.5. The van der Waals surface area contributed by atoms with Gasteiger partial charge in [0.15, 0.2) is 5.69 Å². The van der Waals surface area contributed by atoms with E-state index in [2.05, 4.69) is 44.9 Å². The number of aromatic nitrogens is 2. The molecule has 0 spiro atoms. The predicted molar refractivity (Wildman–Crippen MR) is 106 cm³/mol. The lowest BCUT2D eigenvalue weighted by atomic mass is 10.0. The van der Waals surface area contributed by atoms with E-state index in [1.165, 1.54) is 18.2 Å². The summed E-state index contributed by atoms with van der Waals surface area (Å²) >= 11 is 5.79. The third-order valence-corrected chi connectivity index (χ3v) is 5.07. The average Bonchev–Trinajstić information content (AvgIpc) is 3.17. The van der Waals surface area contributed by atoms with Crippen LogP contribution in [0.4, 0.5) is 10.1 Å². The summed E-state index contributed by atoms with van der Waals surface area (Å²) in [5.74, 6) is -0.534. The number of anilines is 1. The van der Waals surface area contributed by atoms with E-state index in [0.29, 0.717) is 24.5 Å². The van der Waals surface area contributed by atoms with E-state index in [-0.39, 0.29) is 22.1 Å². The van der Waals surface area contributed by atoms with Gasteiger partial charge >= 0.3 is 0 Å². The first-order chi connectivity index (χ1) is 13.9. The second-order valence-corrected chi connectivity index (χ2v) is 7.68. The molecule has 0 amide bonds. The van der Waals surface area contributed by atoms with Crippen LogP contribution in [0.25, 0.3) is 0 Å². The molecule has 1 aliphatic rings. The Labute approximate surface area is 172 Å². The van der Waals surface area contributed by atoms with Crippen molar-refractivity contribution in [3.63, 3.8) is 0 Å². The number of nitrogens with one attached hydrogen (secondary N) is 2. The van der Waals surface area contributed by atoms with Crippen LogP contribution in [0, 0.1) is 5.82 Å². The van der Waals surface area contributed by atoms with E-state index >= 15 is 0 Å². The number of benzene rings is 1. The lowest BCUT2D eigenvalue weighted by Crippen LogP contribution is -2.54. The highest BCUT2D eigenvalue weighted by molar-refractivity contribution is 6.31. The molecular formula is C18H24ClFN6O3. The van der Waals surface area contributed by atoms with Gasteiger partial charge in [-0.3, -0.25) is 4.90 Å². The van der Waals surface area contributed by atoms with E-state index in [1.54, 1.807) is 0 Å². The molecule has 0 bridgehead atoms. The maximum Gasteiger partial charge on any atom is 0.201 e. The van der Waals surface area contributed by atoms with Gasteiger partial charge in [-0.2, -0.15) is 0 Å². The van der Waals surface area contributed by atoms with Crippen molar-refractivity contribution in [2.24, 2.45) is 5.16 Å². The van der Waals surface area contributed by atoms with Gasteiger partial charge in [0.05, 0.1) is 18.2 Å². The van der Waals surface area contributed by atoms with Crippen molar-refractivity contribution in [3.8, 4) is 0 Å². The second kappa shape index (κ2) is 9.49. The lowest BCUT2D eigenvalue weighted by Gasteiger charge is -2.41. The Kier molecular flexibility index (Phi) is 7.01. The Morgan fingerprint density at radius 3 is 2.79 bits per heavy atom. The van der Waals surface area contributed by atoms with Crippen LogP contribution in [0.5, 0.6) is 0 Å². The number of halogens is 2. The van der Waals surface area contributed by atoms with Crippen LogP contribution in [0.15, 0.2) is 28.0 Å². The van der Waals surface area contributed by atoms with Gasteiger partial charge < -0.3 is 20.6 Å². The van der Waals surface area contributed by atoms with Crippen LogP contribution in [-0.4, -0.2) is 64.6 Å². The summed E-state index contributed by atoms with van der Waals surface area (Å²) in [6, 6.07) is 4.04. The van der Waals surface area contributed by atoms with Crippen LogP contribution in [0.1, 0.15) is 25.2 Å². The highest BCUT2D eigenvalue weighted by Gasteiger charge is 2.28. The zero-order chi connectivity index (χ0) is 20.9. The molecule has 1 aromatic heterocycles. The van der Waals surface area contributed by atoms with Crippen molar-refractivity contribution in [1.82, 2.24) is 20.5 Å². The molecule has 0 radical (unpaired) electrons. The monoisotopic (exact) mass is 426 g/mol. The molecule has 158 valence electrons. The number of hydrogen-bond acceptors (Lipinski definition) is 8. The summed E-state index contributed by atoms with van der Waals surface area (Å²) in [6.45, 7) is 8.62. The van der Waals surface area contributed by atoms with Crippen molar-refractivity contribution in [3.05, 3.63) is 40.4 Å². The van der Waals surface area contributed by atoms with Crippen molar-refractivity contribution in [1.29, 1.82) is 0 Å². The van der Waals surface area contributed by atoms with E-state index in [4.69, 9.17) is 21.0 Å². The zero-order valence-electron chi connectivity index (χ0n) is 16.3. The van der Waals surface area contributed by atoms with Crippen LogP contribution >= 0.6 is 11.6 Å². The number of hydrogen-bond donors (Lipinski definition) is 3. The Balaban J connectivity index is 1.62. The van der Waals surface area contributed by atoms with Crippen molar-refractivity contribution < 1.29 is 19.0 Å². The maximum absolute atomic E-state index is 13.3. The first kappa shape index (κ1) is 21.4. The number of amidine groups is 1. The normalized spacial score (nSPS) is 16.2. The fourth-order valence-electron chi connectivity index (χ4n) is 3.11. The quantitative estimate of drug-likeness (QED) is 0.268. The molecule has 0 saturated carbocycles. The van der Waals surface area contributed by atoms with Crippen LogP contribution in [0.2, 0.25) is 5.02 Å². The Bertz CT molecular complexity index is 854. The molecule has 2 aromatic rings. The number of morpholine rings is 1. The predicted octanol–water partition coefficient (Wildman–Crippen LogP) is 2.31. The molecule has 1 aliphatic heterocycles. The molecule has 2 heterocycles. The number of nitrogens with zero attached hydrogens (tertiary/aromatic N) is 4. The van der Waals surface area contributed by atoms with Gasteiger partial charge in [0.1, 0.15) is 11.5 Å². The minimum atomic E-state index is -0.546. The molecule has 3 N–H and O–H groups in total. The third kappa shape index (κ3) is 5.41. The van der Waals surface area contributed by atoms with Crippen molar-refractivity contribution >= 4 is 23.1 Å². The van der Waals surface area contributed by atoms with Gasteiger partial charge in [-0.25, -0.2) is 9.02 Å². The molecule has 3 rings (SSSR count). The summed E-state index contributed by atoms with van der Waals surface area (Å²) in [7, 11) is 0. The minimum Gasteiger partial charge on any atom is -0.409 e. The van der Waals surface area contributed by atoms with Crippen LogP contribution in [-0.2, 0) is 11.3 Å². The third-order valence-electron chi connectivity index (χ3n) is 4.78. The zero-order valence-corrected chi connectivity index (χ0v) is 17.0. The van der Waals surface area contributed by atoms with Crippen molar-refractivity contribution in [2.75, 3.05) is 38.2 Å². The molecule has 0 aliphatic carbocycles. The maximum atomic E-state index is 13.3. The van der Waals surface area contributed by atoms with Gasteiger partial charge in [0, 0.05) is 37.4 Å². The molecule has 11 heteroatoms. The molecule has 0 atom stereocenters. The van der Waals surface area contributed by atoms with E-state index in [1.807, 2.05) is 0 Å². The van der Waals surface area contributed by atoms with E-state index < -0.39 is 5.82 Å². The van der Waals surface area contributed by atoms with E-state index in [9.17, 15) is 9.60 Å². The topological polar surface area (TPSA) is 108 Å². The standard InChI is InChI=1S/C18H24ClFN6O3/c1-18(2,26-5-7-28-8-6-26)11-21-10-15-16(25-29-24-15)17(23-27)22-12-3-4-14(20)13(19)9-12/h3-4,9,21,27H,5-8,10-11H2,1-2H3,(H,22,23). The fraction of sp³-hybridized carbons (Fsp3) is 0.500. The number of rotatable bonds is 7. The molecule has 1 saturated heterocycles.